The van der Waals surface area contributed by atoms with E-state index in [-0.39, 0.29) is 16.9 Å². The second kappa shape index (κ2) is 4.75. The number of ether oxygens (including phenoxy) is 1. The van der Waals surface area contributed by atoms with E-state index >= 15 is 0 Å². The third-order valence-electron chi connectivity index (χ3n) is 2.98. The van der Waals surface area contributed by atoms with Gasteiger partial charge in [-0.3, -0.25) is 4.40 Å². The molecule has 0 aliphatic carbocycles. The summed E-state index contributed by atoms with van der Waals surface area (Å²) in [6, 6.07) is -0.206. The fraction of sp³-hybridized carbons (Fsp3) is 0.500. The van der Waals surface area contributed by atoms with Crippen molar-refractivity contribution in [1.82, 2.24) is 14.1 Å². The summed E-state index contributed by atoms with van der Waals surface area (Å²) >= 11 is 1.34. The molecule has 9 heteroatoms. The lowest BCUT2D eigenvalue weighted by Crippen LogP contribution is -2.41. The highest BCUT2D eigenvalue weighted by atomic mass is 32.2. The first-order valence-electron chi connectivity index (χ1n) is 5.89. The van der Waals surface area contributed by atoms with Gasteiger partial charge in [-0.15, -0.1) is 11.3 Å². The van der Waals surface area contributed by atoms with Gasteiger partial charge in [0, 0.05) is 24.2 Å². The third kappa shape index (κ3) is 2.34. The molecule has 0 amide bonds. The Kier molecular flexibility index (Phi) is 3.21. The molecule has 0 spiro atoms. The predicted octanol–water partition coefficient (Wildman–Crippen LogP) is 0.435. The van der Waals surface area contributed by atoms with E-state index < -0.39 is 10.0 Å². The second-order valence-electron chi connectivity index (χ2n) is 4.39. The number of aromatic nitrogens is 2. The summed E-state index contributed by atoms with van der Waals surface area (Å²) in [6.45, 7) is 1.08. The van der Waals surface area contributed by atoms with Gasteiger partial charge in [0.05, 0.1) is 6.61 Å². The van der Waals surface area contributed by atoms with Gasteiger partial charge in [-0.2, -0.15) is 0 Å². The summed E-state index contributed by atoms with van der Waals surface area (Å²) in [5.74, 6) is 0.0241. The van der Waals surface area contributed by atoms with Crippen LogP contribution in [0.3, 0.4) is 0 Å². The SMILES string of the molecule is Nc1nc2sccn2c1S(=O)(=O)NC1CCCOC1. The highest BCUT2D eigenvalue weighted by molar-refractivity contribution is 7.89. The largest absolute Gasteiger partial charge is 0.381 e. The van der Waals surface area contributed by atoms with Gasteiger partial charge in [0.2, 0.25) is 0 Å². The minimum atomic E-state index is -3.69. The number of anilines is 1. The summed E-state index contributed by atoms with van der Waals surface area (Å²) in [5, 5.41) is 1.78. The van der Waals surface area contributed by atoms with Crippen LogP contribution in [0.25, 0.3) is 4.96 Å². The Morgan fingerprint density at radius 3 is 3.16 bits per heavy atom. The number of sulfonamides is 1. The zero-order valence-electron chi connectivity index (χ0n) is 10.1. The monoisotopic (exact) mass is 302 g/mol. The molecule has 1 unspecified atom stereocenters. The van der Waals surface area contributed by atoms with Crippen LogP contribution in [0.2, 0.25) is 0 Å². The number of hydrogen-bond donors (Lipinski definition) is 2. The second-order valence-corrected chi connectivity index (χ2v) is 6.90. The predicted molar refractivity (Wildman–Crippen MR) is 71.6 cm³/mol. The molecule has 1 aliphatic heterocycles. The van der Waals surface area contributed by atoms with E-state index in [1.165, 1.54) is 15.7 Å². The van der Waals surface area contributed by atoms with Crippen LogP contribution < -0.4 is 10.5 Å². The van der Waals surface area contributed by atoms with Crippen molar-refractivity contribution >= 4 is 32.1 Å². The Hall–Kier alpha value is -1.16. The first-order chi connectivity index (χ1) is 9.08. The minimum Gasteiger partial charge on any atom is -0.381 e. The van der Waals surface area contributed by atoms with Crippen molar-refractivity contribution in [3.8, 4) is 0 Å². The molecule has 2 aromatic heterocycles. The number of rotatable bonds is 3. The van der Waals surface area contributed by atoms with Gasteiger partial charge < -0.3 is 10.5 Å². The summed E-state index contributed by atoms with van der Waals surface area (Å²) in [6.07, 6.45) is 3.27. The van der Waals surface area contributed by atoms with Crippen molar-refractivity contribution in [2.45, 2.75) is 23.9 Å². The highest BCUT2D eigenvalue weighted by Crippen LogP contribution is 2.23. The van der Waals surface area contributed by atoms with Gasteiger partial charge in [0.15, 0.2) is 15.8 Å². The van der Waals surface area contributed by atoms with Crippen LogP contribution in [-0.4, -0.2) is 37.1 Å². The van der Waals surface area contributed by atoms with Crippen LogP contribution in [0, 0.1) is 0 Å². The van der Waals surface area contributed by atoms with Crippen molar-refractivity contribution in [3.63, 3.8) is 0 Å². The van der Waals surface area contributed by atoms with Gasteiger partial charge in [-0.05, 0) is 12.8 Å². The van der Waals surface area contributed by atoms with Gasteiger partial charge in [0.25, 0.3) is 10.0 Å². The van der Waals surface area contributed by atoms with Crippen LogP contribution in [0.5, 0.6) is 0 Å². The number of nitrogen functional groups attached to an aromatic ring is 1. The molecule has 3 N–H and O–H groups in total. The van der Waals surface area contributed by atoms with Gasteiger partial charge in [0.1, 0.15) is 0 Å². The number of thiazole rings is 1. The minimum absolute atomic E-state index is 0.00863. The van der Waals surface area contributed by atoms with E-state index in [2.05, 4.69) is 9.71 Å². The Labute approximate surface area is 114 Å². The van der Waals surface area contributed by atoms with Crippen LogP contribution >= 0.6 is 11.3 Å². The Bertz CT molecular complexity index is 685. The van der Waals surface area contributed by atoms with Crippen molar-refractivity contribution in [2.75, 3.05) is 18.9 Å². The lowest BCUT2D eigenvalue weighted by molar-refractivity contribution is 0.0774. The number of imidazole rings is 1. The van der Waals surface area contributed by atoms with E-state index in [1.54, 1.807) is 11.6 Å². The van der Waals surface area contributed by atoms with E-state index in [0.717, 1.165) is 12.8 Å². The van der Waals surface area contributed by atoms with Gasteiger partial charge in [-0.25, -0.2) is 18.1 Å². The maximum Gasteiger partial charge on any atom is 0.260 e. The summed E-state index contributed by atoms with van der Waals surface area (Å²) < 4.78 is 34.2. The summed E-state index contributed by atoms with van der Waals surface area (Å²) in [7, 11) is -3.69. The molecule has 0 radical (unpaired) electrons. The molecule has 7 nitrogen and oxygen atoms in total. The average Bonchev–Trinajstić information content (AvgIpc) is 2.88. The van der Waals surface area contributed by atoms with E-state index in [0.29, 0.717) is 18.2 Å². The number of fused-ring (bicyclic) bond motifs is 1. The molecular weight excluding hydrogens is 288 g/mol. The molecule has 1 aliphatic rings. The highest BCUT2D eigenvalue weighted by Gasteiger charge is 2.28. The molecule has 2 aromatic rings. The number of hydrogen-bond acceptors (Lipinski definition) is 6. The molecule has 0 saturated carbocycles. The maximum absolute atomic E-state index is 12.4. The lowest BCUT2D eigenvalue weighted by atomic mass is 10.1. The topological polar surface area (TPSA) is 98.7 Å². The molecular formula is C10H14N4O3S2. The molecule has 1 saturated heterocycles. The number of nitrogens with two attached hydrogens (primary N) is 1. The standard InChI is InChI=1S/C10H14N4O3S2/c11-8-9(14-3-5-18-10(14)12-8)19(15,16)13-7-2-1-4-17-6-7/h3,5,7,13H,1-2,4,6,11H2. The molecule has 1 fully saturated rings. The van der Waals surface area contributed by atoms with Gasteiger partial charge >= 0.3 is 0 Å². The first kappa shape index (κ1) is 12.9. The lowest BCUT2D eigenvalue weighted by Gasteiger charge is -2.22. The molecule has 0 bridgehead atoms. The Morgan fingerprint density at radius 1 is 1.58 bits per heavy atom. The smallest absolute Gasteiger partial charge is 0.260 e. The average molecular weight is 302 g/mol. The zero-order chi connectivity index (χ0) is 13.5. The molecule has 104 valence electrons. The van der Waals surface area contributed by atoms with Crippen LogP contribution in [0.1, 0.15) is 12.8 Å². The number of nitrogens with zero attached hydrogens (tertiary/aromatic N) is 2. The molecule has 19 heavy (non-hydrogen) atoms. The summed E-state index contributed by atoms with van der Waals surface area (Å²) in [5.41, 5.74) is 5.71. The molecule has 3 heterocycles. The fourth-order valence-corrected chi connectivity index (χ4v) is 4.40. The molecule has 0 aromatic carbocycles. The van der Waals surface area contributed by atoms with Crippen molar-refractivity contribution < 1.29 is 13.2 Å². The Morgan fingerprint density at radius 2 is 2.42 bits per heavy atom. The van der Waals surface area contributed by atoms with E-state index in [1.807, 2.05) is 0 Å². The molecule has 3 rings (SSSR count). The van der Waals surface area contributed by atoms with Crippen molar-refractivity contribution in [3.05, 3.63) is 11.6 Å². The van der Waals surface area contributed by atoms with Crippen molar-refractivity contribution in [2.24, 2.45) is 0 Å². The van der Waals surface area contributed by atoms with Crippen LogP contribution in [-0.2, 0) is 14.8 Å². The maximum atomic E-state index is 12.4. The van der Waals surface area contributed by atoms with Gasteiger partial charge in [-0.1, -0.05) is 0 Å². The van der Waals surface area contributed by atoms with Crippen LogP contribution in [0.15, 0.2) is 16.6 Å². The zero-order valence-corrected chi connectivity index (χ0v) is 11.7. The third-order valence-corrected chi connectivity index (χ3v) is 5.30. The summed E-state index contributed by atoms with van der Waals surface area (Å²) in [4.78, 5) is 4.61. The van der Waals surface area contributed by atoms with Crippen molar-refractivity contribution in [1.29, 1.82) is 0 Å². The number of nitrogens with one attached hydrogen (secondary N) is 1. The fourth-order valence-electron chi connectivity index (χ4n) is 2.16. The first-order valence-corrected chi connectivity index (χ1v) is 8.25. The Balaban J connectivity index is 1.94. The van der Waals surface area contributed by atoms with Crippen LogP contribution in [0.4, 0.5) is 5.82 Å². The van der Waals surface area contributed by atoms with E-state index in [4.69, 9.17) is 10.5 Å². The quantitative estimate of drug-likeness (QED) is 0.857. The van der Waals surface area contributed by atoms with E-state index in [9.17, 15) is 8.42 Å². The molecule has 1 atom stereocenters. The normalized spacial score (nSPS) is 20.9.